The first-order valence-corrected chi connectivity index (χ1v) is 8.44. The molecule has 2 aromatic carbocycles. The number of rotatable bonds is 2. The molecule has 0 aliphatic carbocycles. The van der Waals surface area contributed by atoms with Gasteiger partial charge in [0.05, 0.1) is 17.6 Å². The van der Waals surface area contributed by atoms with Crippen LogP contribution in [0, 0.1) is 18.6 Å². The number of anilines is 1. The summed E-state index contributed by atoms with van der Waals surface area (Å²) in [5.74, 6) is -1.61. The normalized spacial score (nSPS) is 13.6. The standard InChI is InChI=1S/C20H17F2N3O/c1-13-11-23-25(12-13)17-6-4-14(5-7-17)20(26)24-8-2-3-15-9-16(21)10-18(22)19(15)24/h4-7,9-12H,2-3,8H2,1H3. The Balaban J connectivity index is 1.65. The monoisotopic (exact) mass is 353 g/mol. The molecule has 0 atom stereocenters. The van der Waals surface area contributed by atoms with Crippen LogP contribution in [0.4, 0.5) is 14.5 Å². The van der Waals surface area contributed by atoms with Gasteiger partial charge in [0.15, 0.2) is 0 Å². The Morgan fingerprint density at radius 3 is 2.62 bits per heavy atom. The quantitative estimate of drug-likeness (QED) is 0.697. The molecule has 4 rings (SSSR count). The van der Waals surface area contributed by atoms with Gasteiger partial charge in [0.2, 0.25) is 0 Å². The van der Waals surface area contributed by atoms with E-state index in [-0.39, 0.29) is 11.6 Å². The molecule has 0 saturated carbocycles. The van der Waals surface area contributed by atoms with Crippen LogP contribution in [0.3, 0.4) is 0 Å². The number of hydrogen-bond acceptors (Lipinski definition) is 2. The van der Waals surface area contributed by atoms with Crippen molar-refractivity contribution in [2.45, 2.75) is 19.8 Å². The third kappa shape index (κ3) is 2.87. The molecule has 0 N–H and O–H groups in total. The lowest BCUT2D eigenvalue weighted by Crippen LogP contribution is -2.36. The Morgan fingerprint density at radius 1 is 1.15 bits per heavy atom. The summed E-state index contributed by atoms with van der Waals surface area (Å²) < 4.78 is 29.5. The highest BCUT2D eigenvalue weighted by molar-refractivity contribution is 6.06. The Morgan fingerprint density at radius 2 is 1.92 bits per heavy atom. The molecule has 132 valence electrons. The number of aromatic nitrogens is 2. The number of carbonyl (C=O) groups is 1. The molecule has 3 aromatic rings. The molecule has 1 aliphatic heterocycles. The minimum atomic E-state index is -0.698. The summed E-state index contributed by atoms with van der Waals surface area (Å²) in [6, 6.07) is 9.13. The van der Waals surface area contributed by atoms with E-state index < -0.39 is 11.6 Å². The highest BCUT2D eigenvalue weighted by atomic mass is 19.1. The van der Waals surface area contributed by atoms with E-state index in [1.165, 1.54) is 11.0 Å². The maximum absolute atomic E-state index is 14.3. The predicted molar refractivity (Wildman–Crippen MR) is 94.7 cm³/mol. The van der Waals surface area contributed by atoms with E-state index in [0.29, 0.717) is 30.5 Å². The summed E-state index contributed by atoms with van der Waals surface area (Å²) in [5.41, 5.74) is 3.05. The molecule has 0 unspecified atom stereocenters. The Kier molecular flexibility index (Phi) is 4.03. The molecular weight excluding hydrogens is 336 g/mol. The molecule has 0 saturated heterocycles. The number of carbonyl (C=O) groups excluding carboxylic acids is 1. The fourth-order valence-electron chi connectivity index (χ4n) is 3.32. The van der Waals surface area contributed by atoms with Gasteiger partial charge in [-0.15, -0.1) is 0 Å². The third-order valence-corrected chi connectivity index (χ3v) is 4.54. The highest BCUT2D eigenvalue weighted by Crippen LogP contribution is 2.32. The SMILES string of the molecule is Cc1cnn(-c2ccc(C(=O)N3CCCc4cc(F)cc(F)c43)cc2)c1. The molecule has 0 fully saturated rings. The molecule has 6 heteroatoms. The lowest BCUT2D eigenvalue weighted by atomic mass is 10.00. The number of nitrogens with zero attached hydrogens (tertiary/aromatic N) is 3. The largest absolute Gasteiger partial charge is 0.305 e. The van der Waals surface area contributed by atoms with Gasteiger partial charge in [0.1, 0.15) is 11.6 Å². The van der Waals surface area contributed by atoms with E-state index in [1.54, 1.807) is 35.1 Å². The van der Waals surface area contributed by atoms with Crippen LogP contribution in [0.2, 0.25) is 0 Å². The van der Waals surface area contributed by atoms with Gasteiger partial charge in [-0.05, 0) is 61.2 Å². The van der Waals surface area contributed by atoms with Crippen LogP contribution in [0.5, 0.6) is 0 Å². The van der Waals surface area contributed by atoms with Gasteiger partial charge in [-0.2, -0.15) is 5.10 Å². The van der Waals surface area contributed by atoms with Crippen molar-refractivity contribution in [2.75, 3.05) is 11.4 Å². The van der Waals surface area contributed by atoms with Crippen LogP contribution < -0.4 is 4.90 Å². The van der Waals surface area contributed by atoms with Crippen molar-refractivity contribution in [1.29, 1.82) is 0 Å². The molecule has 0 bridgehead atoms. The summed E-state index contributed by atoms with van der Waals surface area (Å²) in [7, 11) is 0. The third-order valence-electron chi connectivity index (χ3n) is 4.54. The van der Waals surface area contributed by atoms with Crippen LogP contribution in [-0.2, 0) is 6.42 Å². The lowest BCUT2D eigenvalue weighted by molar-refractivity contribution is 0.0984. The van der Waals surface area contributed by atoms with Crippen molar-refractivity contribution in [3.05, 3.63) is 77.1 Å². The number of amides is 1. The maximum atomic E-state index is 14.3. The molecule has 1 aliphatic rings. The number of fused-ring (bicyclic) bond motifs is 1. The van der Waals surface area contributed by atoms with Crippen LogP contribution in [0.25, 0.3) is 5.69 Å². The summed E-state index contributed by atoms with van der Waals surface area (Å²) in [6.45, 7) is 2.36. The zero-order valence-corrected chi connectivity index (χ0v) is 14.2. The first-order chi connectivity index (χ1) is 12.5. The van der Waals surface area contributed by atoms with Crippen molar-refractivity contribution in [3.8, 4) is 5.69 Å². The smallest absolute Gasteiger partial charge is 0.258 e. The summed E-state index contributed by atoms with van der Waals surface area (Å²) in [5, 5.41) is 4.24. The zero-order valence-electron chi connectivity index (χ0n) is 14.2. The maximum Gasteiger partial charge on any atom is 0.258 e. The van der Waals surface area contributed by atoms with Crippen molar-refractivity contribution in [3.63, 3.8) is 0 Å². The fourth-order valence-corrected chi connectivity index (χ4v) is 3.32. The van der Waals surface area contributed by atoms with Crippen LogP contribution >= 0.6 is 0 Å². The van der Waals surface area contributed by atoms with Crippen molar-refractivity contribution >= 4 is 11.6 Å². The van der Waals surface area contributed by atoms with Gasteiger partial charge in [0.25, 0.3) is 5.91 Å². The molecule has 1 amide bonds. The van der Waals surface area contributed by atoms with Gasteiger partial charge in [0, 0.05) is 24.4 Å². The first-order valence-electron chi connectivity index (χ1n) is 8.44. The minimum Gasteiger partial charge on any atom is -0.305 e. The second-order valence-corrected chi connectivity index (χ2v) is 6.46. The Hall–Kier alpha value is -3.02. The van der Waals surface area contributed by atoms with E-state index in [0.717, 1.165) is 17.3 Å². The van der Waals surface area contributed by atoms with Gasteiger partial charge in [-0.1, -0.05) is 0 Å². The van der Waals surface area contributed by atoms with Crippen LogP contribution in [-0.4, -0.2) is 22.2 Å². The van der Waals surface area contributed by atoms with E-state index in [4.69, 9.17) is 0 Å². The fraction of sp³-hybridized carbons (Fsp3) is 0.200. The Labute approximate surface area is 149 Å². The van der Waals surface area contributed by atoms with Gasteiger partial charge in [-0.25, -0.2) is 13.5 Å². The van der Waals surface area contributed by atoms with E-state index >= 15 is 0 Å². The highest BCUT2D eigenvalue weighted by Gasteiger charge is 2.27. The molecule has 0 spiro atoms. The molecule has 2 heterocycles. The average molecular weight is 353 g/mol. The molecule has 1 aromatic heterocycles. The number of aryl methyl sites for hydroxylation is 2. The van der Waals surface area contributed by atoms with Crippen molar-refractivity contribution in [2.24, 2.45) is 0 Å². The number of hydrogen-bond donors (Lipinski definition) is 0. The molecular formula is C20H17F2N3O. The van der Waals surface area contributed by atoms with Crippen molar-refractivity contribution in [1.82, 2.24) is 9.78 Å². The summed E-state index contributed by atoms with van der Waals surface area (Å²) in [6.07, 6.45) is 4.88. The summed E-state index contributed by atoms with van der Waals surface area (Å²) >= 11 is 0. The van der Waals surface area contributed by atoms with E-state index in [9.17, 15) is 13.6 Å². The van der Waals surface area contributed by atoms with Gasteiger partial charge >= 0.3 is 0 Å². The Bertz CT molecular complexity index is 979. The van der Waals surface area contributed by atoms with Gasteiger partial charge < -0.3 is 4.90 Å². The van der Waals surface area contributed by atoms with E-state index in [2.05, 4.69) is 5.10 Å². The average Bonchev–Trinajstić information content (AvgIpc) is 3.07. The van der Waals surface area contributed by atoms with Crippen LogP contribution in [0.15, 0.2) is 48.8 Å². The summed E-state index contributed by atoms with van der Waals surface area (Å²) in [4.78, 5) is 14.3. The molecule has 0 radical (unpaired) electrons. The van der Waals surface area contributed by atoms with E-state index in [1.807, 2.05) is 13.1 Å². The topological polar surface area (TPSA) is 38.1 Å². The van der Waals surface area contributed by atoms with Crippen molar-refractivity contribution < 1.29 is 13.6 Å². The second-order valence-electron chi connectivity index (χ2n) is 6.46. The lowest BCUT2D eigenvalue weighted by Gasteiger charge is -2.30. The minimum absolute atomic E-state index is 0.189. The zero-order chi connectivity index (χ0) is 18.3. The first kappa shape index (κ1) is 16.4. The second kappa shape index (κ2) is 6.37. The number of benzene rings is 2. The molecule has 26 heavy (non-hydrogen) atoms. The van der Waals surface area contributed by atoms with Gasteiger partial charge in [-0.3, -0.25) is 4.79 Å². The predicted octanol–water partition coefficient (Wildman–Crippen LogP) is 4.05. The van der Waals surface area contributed by atoms with Crippen LogP contribution in [0.1, 0.15) is 27.9 Å². The number of halogens is 2. The molecule has 4 nitrogen and oxygen atoms in total.